The normalized spacial score (nSPS) is 21.8. The van der Waals surface area contributed by atoms with Crippen LogP contribution >= 0.6 is 0 Å². The van der Waals surface area contributed by atoms with Crippen LogP contribution in [0, 0.1) is 19.8 Å². The lowest BCUT2D eigenvalue weighted by Gasteiger charge is -2.53. The van der Waals surface area contributed by atoms with Crippen molar-refractivity contribution in [2.75, 3.05) is 19.6 Å². The zero-order chi connectivity index (χ0) is 32.8. The first kappa shape index (κ1) is 28.2. The molecule has 0 spiro atoms. The molecule has 5 aromatic carbocycles. The molecule has 0 N–H and O–H groups in total. The molecule has 6 heteroatoms. The van der Waals surface area contributed by atoms with Crippen LogP contribution in [0.25, 0.3) is 16.6 Å². The maximum Gasteiger partial charge on any atom is 0.179 e. The second kappa shape index (κ2) is 10.6. The molecule has 0 amide bonds. The summed E-state index contributed by atoms with van der Waals surface area (Å²) in [7, 11) is 0. The highest BCUT2D eigenvalue weighted by Crippen LogP contribution is 2.60. The van der Waals surface area contributed by atoms with Crippen molar-refractivity contribution in [3.63, 3.8) is 0 Å². The van der Waals surface area contributed by atoms with Crippen LogP contribution in [0.3, 0.4) is 0 Å². The average molecular weight is 637 g/mol. The van der Waals surface area contributed by atoms with Gasteiger partial charge in [0, 0.05) is 46.9 Å². The van der Waals surface area contributed by atoms with Crippen LogP contribution < -0.4 is 19.6 Å². The number of allylic oxidation sites excluding steroid dienone is 1. The molecular weight excluding hydrogens is 601 g/mol. The van der Waals surface area contributed by atoms with Crippen LogP contribution in [0.1, 0.15) is 34.6 Å². The van der Waals surface area contributed by atoms with Gasteiger partial charge in [-0.15, -0.1) is 0 Å². The monoisotopic (exact) mass is 636 g/mol. The lowest BCUT2D eigenvalue weighted by Crippen LogP contribution is -2.60. The quantitative estimate of drug-likeness (QED) is 0.188. The van der Waals surface area contributed by atoms with Crippen molar-refractivity contribution in [3.8, 4) is 0 Å². The Bertz CT molecular complexity index is 2310. The Morgan fingerprint density at radius 3 is 2.02 bits per heavy atom. The highest BCUT2D eigenvalue weighted by molar-refractivity contribution is 5.92. The molecule has 4 aliphatic rings. The average Bonchev–Trinajstić information content (AvgIpc) is 3.70. The smallest absolute Gasteiger partial charge is 0.179 e. The molecule has 238 valence electrons. The SMILES string of the molecule is C=C1CC2c3ccccc3N3c4nc5ccccc5nc4N(c4ccccc4)C3C2C2N(c3ccc(C)cc3)C=CN2c2ccc(C)cc21. The lowest BCUT2D eigenvalue weighted by atomic mass is 9.71. The number of anilines is 6. The molecule has 6 nitrogen and oxygen atoms in total. The van der Waals surface area contributed by atoms with Gasteiger partial charge < -0.3 is 19.6 Å². The summed E-state index contributed by atoms with van der Waals surface area (Å²) in [5, 5.41) is 0. The van der Waals surface area contributed by atoms with Gasteiger partial charge in [0.2, 0.25) is 0 Å². The third kappa shape index (κ3) is 4.13. The fourth-order valence-electron chi connectivity index (χ4n) is 8.72. The minimum Gasteiger partial charge on any atom is -0.325 e. The summed E-state index contributed by atoms with van der Waals surface area (Å²) in [4.78, 5) is 20.7. The van der Waals surface area contributed by atoms with Gasteiger partial charge in [0.05, 0.1) is 16.7 Å². The second-order valence-corrected chi connectivity index (χ2v) is 13.8. The Hall–Kier alpha value is -5.88. The molecule has 5 heterocycles. The summed E-state index contributed by atoms with van der Waals surface area (Å²) < 4.78 is 0. The first-order chi connectivity index (χ1) is 24.0. The summed E-state index contributed by atoms with van der Waals surface area (Å²) in [6, 6.07) is 43.7. The Balaban J connectivity index is 1.28. The fourth-order valence-corrected chi connectivity index (χ4v) is 8.72. The van der Waals surface area contributed by atoms with Crippen LogP contribution in [-0.4, -0.2) is 22.3 Å². The highest BCUT2D eigenvalue weighted by atomic mass is 15.5. The minimum atomic E-state index is -0.116. The number of rotatable bonds is 2. The van der Waals surface area contributed by atoms with Gasteiger partial charge in [0.1, 0.15) is 12.3 Å². The van der Waals surface area contributed by atoms with E-state index in [1.165, 1.54) is 44.9 Å². The van der Waals surface area contributed by atoms with Crippen molar-refractivity contribution in [3.05, 3.63) is 163 Å². The molecule has 0 radical (unpaired) electrons. The van der Waals surface area contributed by atoms with E-state index in [1.807, 2.05) is 12.1 Å². The predicted octanol–water partition coefficient (Wildman–Crippen LogP) is 9.82. The third-order valence-electron chi connectivity index (χ3n) is 10.9. The van der Waals surface area contributed by atoms with E-state index in [0.29, 0.717) is 0 Å². The Kier molecular flexibility index (Phi) is 6.07. The number of aromatic nitrogens is 2. The van der Waals surface area contributed by atoms with E-state index in [2.05, 4.69) is 155 Å². The van der Waals surface area contributed by atoms with Crippen molar-refractivity contribution < 1.29 is 0 Å². The van der Waals surface area contributed by atoms with E-state index in [0.717, 1.165) is 34.8 Å². The first-order valence-electron chi connectivity index (χ1n) is 17.1. The molecule has 4 unspecified atom stereocenters. The third-order valence-corrected chi connectivity index (χ3v) is 10.9. The van der Waals surface area contributed by atoms with Crippen LogP contribution in [0.5, 0.6) is 0 Å². The maximum absolute atomic E-state index is 5.39. The molecule has 4 aliphatic heterocycles. The van der Waals surface area contributed by atoms with Gasteiger partial charge in [-0.1, -0.05) is 84.4 Å². The van der Waals surface area contributed by atoms with Crippen molar-refractivity contribution in [1.29, 1.82) is 0 Å². The van der Waals surface area contributed by atoms with Gasteiger partial charge in [-0.2, -0.15) is 0 Å². The number of hydrogen-bond acceptors (Lipinski definition) is 6. The molecule has 0 bridgehead atoms. The van der Waals surface area contributed by atoms with Gasteiger partial charge in [0.25, 0.3) is 0 Å². The summed E-state index contributed by atoms with van der Waals surface area (Å²) in [6.07, 6.45) is 5.23. The van der Waals surface area contributed by atoms with Crippen LogP contribution in [-0.2, 0) is 0 Å². The highest BCUT2D eigenvalue weighted by Gasteiger charge is 2.57. The topological polar surface area (TPSA) is 38.7 Å². The largest absolute Gasteiger partial charge is 0.325 e. The number of hydrogen-bond donors (Lipinski definition) is 0. The van der Waals surface area contributed by atoms with Crippen molar-refractivity contribution in [2.45, 2.75) is 38.5 Å². The van der Waals surface area contributed by atoms with E-state index in [9.17, 15) is 0 Å². The maximum atomic E-state index is 5.39. The lowest BCUT2D eigenvalue weighted by molar-refractivity contribution is 0.288. The van der Waals surface area contributed by atoms with E-state index in [1.54, 1.807) is 0 Å². The Morgan fingerprint density at radius 1 is 0.592 bits per heavy atom. The van der Waals surface area contributed by atoms with Crippen LogP contribution in [0.2, 0.25) is 0 Å². The van der Waals surface area contributed by atoms with Gasteiger partial charge in [-0.3, -0.25) is 0 Å². The van der Waals surface area contributed by atoms with E-state index >= 15 is 0 Å². The summed E-state index contributed by atoms with van der Waals surface area (Å²) in [5.41, 5.74) is 12.7. The van der Waals surface area contributed by atoms with Gasteiger partial charge in [-0.05, 0) is 86.0 Å². The summed E-state index contributed by atoms with van der Waals surface area (Å²) in [6.45, 7) is 9.12. The second-order valence-electron chi connectivity index (χ2n) is 13.8. The van der Waals surface area contributed by atoms with Crippen molar-refractivity contribution in [1.82, 2.24) is 9.97 Å². The van der Waals surface area contributed by atoms with Crippen LogP contribution in [0.4, 0.5) is 34.4 Å². The molecule has 0 saturated heterocycles. The van der Waals surface area contributed by atoms with E-state index in [-0.39, 0.29) is 24.2 Å². The zero-order valence-electron chi connectivity index (χ0n) is 27.6. The fraction of sp³-hybridized carbons (Fsp3) is 0.163. The molecule has 6 aromatic rings. The standard InChI is InChI=1S/C43H36N6/c1-27-17-20-30(21-18-27)46-23-24-47-37-22-19-28(2)25-33(37)29(3)26-34-32-13-7-10-16-38(32)49-41-40(44-35-14-8-9-15-36(35)45-41)48(31-11-5-4-6-12-31)43(49)39(34)42(46)47/h4-25,34,39,42-43H,3,26H2,1-2H3. The van der Waals surface area contributed by atoms with Crippen LogP contribution in [0.15, 0.2) is 140 Å². The molecule has 0 fully saturated rings. The molecule has 0 saturated carbocycles. The molecule has 4 atom stereocenters. The predicted molar refractivity (Wildman–Crippen MR) is 201 cm³/mol. The minimum absolute atomic E-state index is 0.0435. The molecule has 10 rings (SSSR count). The molecule has 0 aliphatic carbocycles. The van der Waals surface area contributed by atoms with Gasteiger partial charge >= 0.3 is 0 Å². The Labute approximate surface area is 286 Å². The number of nitrogens with zero attached hydrogens (tertiary/aromatic N) is 6. The summed E-state index contributed by atoms with van der Waals surface area (Å²) in [5.74, 6) is 2.02. The first-order valence-corrected chi connectivity index (χ1v) is 17.1. The molecule has 49 heavy (non-hydrogen) atoms. The number of para-hydroxylation sites is 4. The van der Waals surface area contributed by atoms with Gasteiger partial charge in [0.15, 0.2) is 11.6 Å². The van der Waals surface area contributed by atoms with E-state index in [4.69, 9.17) is 16.5 Å². The van der Waals surface area contributed by atoms with Crippen molar-refractivity contribution in [2.24, 2.45) is 5.92 Å². The number of benzene rings is 5. The number of fused-ring (bicyclic) bond motifs is 13. The molecule has 1 aromatic heterocycles. The number of aryl methyl sites for hydroxylation is 2. The van der Waals surface area contributed by atoms with Crippen molar-refractivity contribution >= 4 is 51.0 Å². The van der Waals surface area contributed by atoms with Gasteiger partial charge in [-0.25, -0.2) is 9.97 Å². The Morgan fingerprint density at radius 2 is 1.24 bits per heavy atom. The summed E-state index contributed by atoms with van der Waals surface area (Å²) >= 11 is 0. The zero-order valence-corrected chi connectivity index (χ0v) is 27.6. The van der Waals surface area contributed by atoms with E-state index < -0.39 is 0 Å². The molecular formula is C43H36N6.